The van der Waals surface area contributed by atoms with Crippen LogP contribution in [0.25, 0.3) is 0 Å². The lowest BCUT2D eigenvalue weighted by Crippen LogP contribution is -2.13. The van der Waals surface area contributed by atoms with Gasteiger partial charge in [0.1, 0.15) is 5.82 Å². The van der Waals surface area contributed by atoms with Gasteiger partial charge in [0.05, 0.1) is 10.6 Å². The molecule has 0 saturated carbocycles. The molecule has 18 heavy (non-hydrogen) atoms. The molecule has 0 aliphatic heterocycles. The lowest BCUT2D eigenvalue weighted by atomic mass is 10.2. The third-order valence-corrected chi connectivity index (χ3v) is 3.33. The van der Waals surface area contributed by atoms with E-state index in [2.05, 4.69) is 32.9 Å². The molecule has 0 aliphatic rings. The summed E-state index contributed by atoms with van der Waals surface area (Å²) in [6.07, 6.45) is 1.67. The summed E-state index contributed by atoms with van der Waals surface area (Å²) in [5, 5.41) is 3.47. The first-order chi connectivity index (χ1) is 8.56. The van der Waals surface area contributed by atoms with Crippen molar-refractivity contribution in [3.05, 3.63) is 55.7 Å². The summed E-state index contributed by atoms with van der Waals surface area (Å²) in [4.78, 5) is 16.0. The molecule has 1 N–H and O–H groups in total. The zero-order valence-corrected chi connectivity index (χ0v) is 12.6. The largest absolute Gasteiger partial charge is 0.307 e. The van der Waals surface area contributed by atoms with Crippen molar-refractivity contribution >= 4 is 57.5 Å². The third kappa shape index (κ3) is 3.34. The van der Waals surface area contributed by atoms with Crippen molar-refractivity contribution in [1.82, 2.24) is 4.98 Å². The molecule has 2 aromatic rings. The summed E-state index contributed by atoms with van der Waals surface area (Å²) in [6.45, 7) is 0. The fraction of sp³-hybridized carbons (Fsp3) is 0. The summed E-state index contributed by atoms with van der Waals surface area (Å²) in [6, 6.07) is 8.30. The molecule has 0 spiro atoms. The van der Waals surface area contributed by atoms with Gasteiger partial charge in [-0.25, -0.2) is 4.98 Å². The van der Waals surface area contributed by atoms with E-state index in [0.29, 0.717) is 21.4 Å². The molecule has 0 unspecified atom stereocenters. The van der Waals surface area contributed by atoms with E-state index in [0.717, 1.165) is 3.57 Å². The van der Waals surface area contributed by atoms with Crippen molar-refractivity contribution in [2.24, 2.45) is 0 Å². The van der Waals surface area contributed by atoms with Gasteiger partial charge in [-0.2, -0.15) is 0 Å². The van der Waals surface area contributed by atoms with Gasteiger partial charge in [0.25, 0.3) is 5.91 Å². The average molecular weight is 393 g/mol. The number of pyridine rings is 1. The van der Waals surface area contributed by atoms with Gasteiger partial charge in [-0.3, -0.25) is 4.79 Å². The standard InChI is InChI=1S/C12H7Cl2IN2O/c13-7-1-3-9(10(14)5-7)12(18)17-11-4-2-8(15)6-16-11/h1-6H,(H,16,17,18). The molecule has 0 bridgehead atoms. The highest BCUT2D eigenvalue weighted by Gasteiger charge is 2.11. The lowest BCUT2D eigenvalue weighted by molar-refractivity contribution is 0.102. The fourth-order valence-electron chi connectivity index (χ4n) is 1.31. The molecule has 0 fully saturated rings. The lowest BCUT2D eigenvalue weighted by Gasteiger charge is -2.06. The van der Waals surface area contributed by atoms with Gasteiger partial charge in [0.2, 0.25) is 0 Å². The highest BCUT2D eigenvalue weighted by atomic mass is 127. The van der Waals surface area contributed by atoms with Gasteiger partial charge >= 0.3 is 0 Å². The second kappa shape index (κ2) is 5.86. The van der Waals surface area contributed by atoms with Crippen LogP contribution in [0.4, 0.5) is 5.82 Å². The fourth-order valence-corrected chi connectivity index (χ4v) is 2.12. The Morgan fingerprint density at radius 3 is 2.61 bits per heavy atom. The van der Waals surface area contributed by atoms with Crippen LogP contribution in [0, 0.1) is 3.57 Å². The maximum Gasteiger partial charge on any atom is 0.258 e. The predicted octanol–water partition coefficient (Wildman–Crippen LogP) is 4.25. The summed E-state index contributed by atoms with van der Waals surface area (Å²) >= 11 is 13.9. The first-order valence-electron chi connectivity index (χ1n) is 4.94. The van der Waals surface area contributed by atoms with Crippen molar-refractivity contribution in [3.63, 3.8) is 0 Å². The zero-order valence-electron chi connectivity index (χ0n) is 8.95. The van der Waals surface area contributed by atoms with Gasteiger partial charge in [-0.1, -0.05) is 23.2 Å². The van der Waals surface area contributed by atoms with E-state index in [1.807, 2.05) is 6.07 Å². The molecule has 1 amide bonds. The number of aromatic nitrogens is 1. The number of hydrogen-bond donors (Lipinski definition) is 1. The minimum Gasteiger partial charge on any atom is -0.307 e. The molecular weight excluding hydrogens is 386 g/mol. The van der Waals surface area contributed by atoms with Crippen LogP contribution < -0.4 is 5.32 Å². The molecular formula is C12H7Cl2IN2O. The molecule has 1 aromatic heterocycles. The molecule has 0 saturated heterocycles. The molecule has 0 radical (unpaired) electrons. The Labute approximate surface area is 128 Å². The highest BCUT2D eigenvalue weighted by molar-refractivity contribution is 14.1. The monoisotopic (exact) mass is 392 g/mol. The van der Waals surface area contributed by atoms with Crippen LogP contribution in [0.2, 0.25) is 10.0 Å². The van der Waals surface area contributed by atoms with Crippen molar-refractivity contribution in [2.45, 2.75) is 0 Å². The minimum absolute atomic E-state index is 0.311. The number of amides is 1. The van der Waals surface area contributed by atoms with Gasteiger partial charge in [-0.05, 0) is 52.9 Å². The van der Waals surface area contributed by atoms with Gasteiger partial charge in [-0.15, -0.1) is 0 Å². The number of halogens is 3. The summed E-state index contributed by atoms with van der Waals surface area (Å²) < 4.78 is 0.995. The minimum atomic E-state index is -0.314. The number of hydrogen-bond acceptors (Lipinski definition) is 2. The Morgan fingerprint density at radius 2 is 2.00 bits per heavy atom. The Morgan fingerprint density at radius 1 is 1.22 bits per heavy atom. The third-order valence-electron chi connectivity index (χ3n) is 2.14. The summed E-state index contributed by atoms with van der Waals surface area (Å²) in [5.41, 5.74) is 0.362. The Hall–Kier alpha value is -0.850. The molecule has 1 heterocycles. The number of carbonyl (C=O) groups excluding carboxylic acids is 1. The summed E-state index contributed by atoms with van der Waals surface area (Å²) in [5.74, 6) is 0.164. The maximum absolute atomic E-state index is 12.0. The number of rotatable bonds is 2. The van der Waals surface area contributed by atoms with Crippen LogP contribution in [0.3, 0.4) is 0 Å². The Kier molecular flexibility index (Phi) is 4.42. The number of carbonyl (C=O) groups is 1. The van der Waals surface area contributed by atoms with E-state index >= 15 is 0 Å². The van der Waals surface area contributed by atoms with E-state index in [1.165, 1.54) is 6.07 Å². The second-order valence-corrected chi connectivity index (χ2v) is 5.53. The SMILES string of the molecule is O=C(Nc1ccc(I)cn1)c1ccc(Cl)cc1Cl. The van der Waals surface area contributed by atoms with Crippen LogP contribution in [0.15, 0.2) is 36.5 Å². The van der Waals surface area contributed by atoms with Gasteiger partial charge in [0, 0.05) is 14.8 Å². The smallest absolute Gasteiger partial charge is 0.258 e. The second-order valence-electron chi connectivity index (χ2n) is 3.44. The number of nitrogens with zero attached hydrogens (tertiary/aromatic N) is 1. The van der Waals surface area contributed by atoms with Crippen LogP contribution >= 0.6 is 45.8 Å². The van der Waals surface area contributed by atoms with Gasteiger partial charge < -0.3 is 5.32 Å². The average Bonchev–Trinajstić information content (AvgIpc) is 2.32. The van der Waals surface area contributed by atoms with E-state index in [1.54, 1.807) is 24.4 Å². The van der Waals surface area contributed by atoms with Gasteiger partial charge in [0.15, 0.2) is 0 Å². The molecule has 2 rings (SSSR count). The molecule has 3 nitrogen and oxygen atoms in total. The van der Waals surface area contributed by atoms with Crippen molar-refractivity contribution in [3.8, 4) is 0 Å². The quantitative estimate of drug-likeness (QED) is 0.776. The van der Waals surface area contributed by atoms with E-state index in [4.69, 9.17) is 23.2 Å². The molecule has 0 aliphatic carbocycles. The van der Waals surface area contributed by atoms with Crippen molar-refractivity contribution in [1.29, 1.82) is 0 Å². The predicted molar refractivity (Wildman–Crippen MR) is 81.4 cm³/mol. The van der Waals surface area contributed by atoms with Crippen LogP contribution in [0.1, 0.15) is 10.4 Å². The van der Waals surface area contributed by atoms with E-state index < -0.39 is 0 Å². The normalized spacial score (nSPS) is 10.2. The topological polar surface area (TPSA) is 42.0 Å². The Bertz CT molecular complexity index is 587. The van der Waals surface area contributed by atoms with E-state index in [9.17, 15) is 4.79 Å². The number of benzene rings is 1. The number of nitrogens with one attached hydrogen (secondary N) is 1. The molecule has 1 aromatic carbocycles. The van der Waals surface area contributed by atoms with Crippen LogP contribution in [-0.4, -0.2) is 10.9 Å². The molecule has 0 atom stereocenters. The van der Waals surface area contributed by atoms with E-state index in [-0.39, 0.29) is 5.91 Å². The van der Waals surface area contributed by atoms with Crippen LogP contribution in [0.5, 0.6) is 0 Å². The highest BCUT2D eigenvalue weighted by Crippen LogP contribution is 2.21. The Balaban J connectivity index is 2.19. The molecule has 92 valence electrons. The number of anilines is 1. The van der Waals surface area contributed by atoms with Crippen LogP contribution in [-0.2, 0) is 0 Å². The van der Waals surface area contributed by atoms with Crippen molar-refractivity contribution in [2.75, 3.05) is 5.32 Å². The maximum atomic E-state index is 12.0. The first kappa shape index (κ1) is 13.6. The summed E-state index contributed by atoms with van der Waals surface area (Å²) in [7, 11) is 0. The molecule has 6 heteroatoms. The zero-order chi connectivity index (χ0) is 13.1. The van der Waals surface area contributed by atoms with Crippen molar-refractivity contribution < 1.29 is 4.79 Å². The first-order valence-corrected chi connectivity index (χ1v) is 6.77.